The Morgan fingerprint density at radius 2 is 2.07 bits per heavy atom. The zero-order chi connectivity index (χ0) is 19.7. The molecular weight excluding hydrogens is 354 g/mol. The molecule has 0 aliphatic carbocycles. The lowest BCUT2D eigenvalue weighted by atomic mass is 10.0. The highest BCUT2D eigenvalue weighted by atomic mass is 16.2. The summed E-state index contributed by atoms with van der Waals surface area (Å²) in [5.74, 6) is -0.839. The van der Waals surface area contributed by atoms with Gasteiger partial charge in [0.1, 0.15) is 6.04 Å². The average Bonchev–Trinajstić information content (AvgIpc) is 3.02. The van der Waals surface area contributed by atoms with Crippen LogP contribution in [-0.2, 0) is 16.1 Å². The lowest BCUT2D eigenvalue weighted by Crippen LogP contribution is -2.52. The number of fused-ring (bicyclic) bond motifs is 1. The molecule has 1 unspecified atom stereocenters. The lowest BCUT2D eigenvalue weighted by Gasteiger charge is -2.29. The molecule has 1 fully saturated rings. The molecule has 4 rings (SSSR count). The van der Waals surface area contributed by atoms with Crippen molar-refractivity contribution in [2.45, 2.75) is 38.8 Å². The fourth-order valence-corrected chi connectivity index (χ4v) is 3.68. The summed E-state index contributed by atoms with van der Waals surface area (Å²) in [5.41, 5.74) is 4.15. The van der Waals surface area contributed by atoms with Gasteiger partial charge in [-0.05, 0) is 48.7 Å². The number of carbonyl (C=O) groups is 3. The number of hydrogen-bond acceptors (Lipinski definition) is 4. The maximum absolute atomic E-state index is 12.8. The molecule has 28 heavy (non-hydrogen) atoms. The third kappa shape index (κ3) is 3.33. The summed E-state index contributed by atoms with van der Waals surface area (Å²) in [5, 5.41) is 2.33. The van der Waals surface area contributed by atoms with Gasteiger partial charge >= 0.3 is 0 Å². The van der Waals surface area contributed by atoms with E-state index in [1.54, 1.807) is 11.0 Å². The molecule has 2 aromatic rings. The van der Waals surface area contributed by atoms with Crippen LogP contribution in [0, 0.1) is 0 Å². The van der Waals surface area contributed by atoms with Crippen molar-refractivity contribution < 1.29 is 14.4 Å². The molecule has 0 bridgehead atoms. The fraction of sp³-hybridized carbons (Fsp3) is 0.273. The Morgan fingerprint density at radius 3 is 2.86 bits per heavy atom. The van der Waals surface area contributed by atoms with Crippen LogP contribution in [-0.4, -0.2) is 33.6 Å². The molecule has 2 aliphatic heterocycles. The molecule has 142 valence electrons. The van der Waals surface area contributed by atoms with Crippen LogP contribution in [0.4, 0.5) is 0 Å². The highest BCUT2D eigenvalue weighted by Gasteiger charge is 2.39. The number of hydrogen-bond donors (Lipinski definition) is 1. The number of nitrogens with zero attached hydrogens (tertiary/aromatic N) is 2. The van der Waals surface area contributed by atoms with Crippen LogP contribution in [0.1, 0.15) is 47.8 Å². The molecule has 0 saturated carbocycles. The monoisotopic (exact) mass is 375 g/mol. The quantitative estimate of drug-likeness (QED) is 0.834. The first-order valence-corrected chi connectivity index (χ1v) is 9.48. The number of rotatable bonds is 4. The van der Waals surface area contributed by atoms with Gasteiger partial charge in [0.2, 0.25) is 11.8 Å². The summed E-state index contributed by atoms with van der Waals surface area (Å²) in [6, 6.07) is 10.9. The summed E-state index contributed by atoms with van der Waals surface area (Å²) in [6.45, 7) is 2.44. The molecule has 3 heterocycles. The van der Waals surface area contributed by atoms with Gasteiger partial charge in [0.05, 0.1) is 11.4 Å². The second-order valence-electron chi connectivity index (χ2n) is 7.03. The predicted molar refractivity (Wildman–Crippen MR) is 105 cm³/mol. The first kappa shape index (κ1) is 18.1. The molecule has 1 aromatic heterocycles. The van der Waals surface area contributed by atoms with E-state index in [0.717, 1.165) is 28.9 Å². The highest BCUT2D eigenvalue weighted by molar-refractivity contribution is 6.05. The molecule has 3 amide bonds. The number of imide groups is 1. The van der Waals surface area contributed by atoms with Gasteiger partial charge in [-0.25, -0.2) is 4.98 Å². The van der Waals surface area contributed by atoms with E-state index in [4.69, 9.17) is 0 Å². The second kappa shape index (κ2) is 7.38. The normalized spacial score (nSPS) is 19.2. The topological polar surface area (TPSA) is 79.4 Å². The van der Waals surface area contributed by atoms with Gasteiger partial charge in [0.25, 0.3) is 5.91 Å². The van der Waals surface area contributed by atoms with Gasteiger partial charge < -0.3 is 4.90 Å². The Hall–Kier alpha value is -3.28. The van der Waals surface area contributed by atoms with Crippen LogP contribution in [0.2, 0.25) is 0 Å². The van der Waals surface area contributed by atoms with E-state index in [0.29, 0.717) is 18.5 Å². The predicted octanol–water partition coefficient (Wildman–Crippen LogP) is 2.93. The van der Waals surface area contributed by atoms with E-state index >= 15 is 0 Å². The van der Waals surface area contributed by atoms with E-state index in [1.165, 1.54) is 0 Å². The summed E-state index contributed by atoms with van der Waals surface area (Å²) < 4.78 is 0. The van der Waals surface area contributed by atoms with Crippen molar-refractivity contribution in [3.05, 3.63) is 59.3 Å². The molecule has 1 N–H and O–H groups in total. The number of allylic oxidation sites excluding steroid dienone is 1. The number of nitrogens with one attached hydrogen (secondary N) is 1. The van der Waals surface area contributed by atoms with E-state index in [-0.39, 0.29) is 18.2 Å². The minimum atomic E-state index is -0.596. The van der Waals surface area contributed by atoms with Crippen molar-refractivity contribution in [3.63, 3.8) is 0 Å². The summed E-state index contributed by atoms with van der Waals surface area (Å²) in [6.07, 6.45) is 5.62. The molecule has 0 spiro atoms. The van der Waals surface area contributed by atoms with E-state index in [9.17, 15) is 14.4 Å². The molecule has 1 saturated heterocycles. The summed E-state index contributed by atoms with van der Waals surface area (Å²) >= 11 is 0. The van der Waals surface area contributed by atoms with Crippen molar-refractivity contribution in [1.29, 1.82) is 0 Å². The van der Waals surface area contributed by atoms with Gasteiger partial charge in [-0.3, -0.25) is 19.7 Å². The lowest BCUT2D eigenvalue weighted by molar-refractivity contribution is -0.136. The third-order valence-electron chi connectivity index (χ3n) is 5.11. The highest BCUT2D eigenvalue weighted by Crippen LogP contribution is 2.30. The van der Waals surface area contributed by atoms with E-state index < -0.39 is 11.9 Å². The zero-order valence-corrected chi connectivity index (χ0v) is 15.6. The molecular formula is C22H21N3O3. The number of carbonyl (C=O) groups excluding carboxylic acids is 3. The number of amides is 3. The molecule has 0 radical (unpaired) electrons. The maximum Gasteiger partial charge on any atom is 0.255 e. The van der Waals surface area contributed by atoms with Crippen LogP contribution >= 0.6 is 0 Å². The minimum absolute atomic E-state index is 0.163. The van der Waals surface area contributed by atoms with Gasteiger partial charge in [-0.1, -0.05) is 25.1 Å². The van der Waals surface area contributed by atoms with Crippen molar-refractivity contribution in [2.24, 2.45) is 0 Å². The van der Waals surface area contributed by atoms with Crippen molar-refractivity contribution in [2.75, 3.05) is 0 Å². The summed E-state index contributed by atoms with van der Waals surface area (Å²) in [4.78, 5) is 42.5. The van der Waals surface area contributed by atoms with Crippen LogP contribution in [0.5, 0.6) is 0 Å². The van der Waals surface area contributed by atoms with Gasteiger partial charge in [0.15, 0.2) is 0 Å². The smallest absolute Gasteiger partial charge is 0.255 e. The van der Waals surface area contributed by atoms with Crippen molar-refractivity contribution in [3.8, 4) is 11.3 Å². The number of pyridine rings is 1. The molecule has 6 heteroatoms. The van der Waals surface area contributed by atoms with Gasteiger partial charge in [-0.2, -0.15) is 0 Å². The number of aromatic nitrogens is 1. The van der Waals surface area contributed by atoms with Crippen LogP contribution in [0.3, 0.4) is 0 Å². The Balaban J connectivity index is 1.60. The van der Waals surface area contributed by atoms with Crippen molar-refractivity contribution in [1.82, 2.24) is 15.2 Å². The standard InChI is InChI=1S/C22H21N3O3/c1-2-3-5-16-6-4-7-18(23-16)14-8-9-17-15(12-14)13-25(22(17)28)19-10-11-20(26)24-21(19)27/h3-9,12,19H,2,10-11,13H2,1H3,(H,24,26,27)/b5-3+. The maximum atomic E-state index is 12.8. The zero-order valence-electron chi connectivity index (χ0n) is 15.6. The van der Waals surface area contributed by atoms with Crippen LogP contribution in [0.25, 0.3) is 17.3 Å². The summed E-state index contributed by atoms with van der Waals surface area (Å²) in [7, 11) is 0. The van der Waals surface area contributed by atoms with Crippen molar-refractivity contribution >= 4 is 23.8 Å². The first-order valence-electron chi connectivity index (χ1n) is 9.48. The number of piperidine rings is 1. The Bertz CT molecular complexity index is 996. The largest absolute Gasteiger partial charge is 0.322 e. The number of benzene rings is 1. The third-order valence-corrected chi connectivity index (χ3v) is 5.11. The van der Waals surface area contributed by atoms with E-state index in [2.05, 4.69) is 23.3 Å². The molecule has 1 atom stereocenters. The minimum Gasteiger partial charge on any atom is -0.322 e. The first-order chi connectivity index (χ1) is 13.6. The Kier molecular flexibility index (Phi) is 4.77. The van der Waals surface area contributed by atoms with E-state index in [1.807, 2.05) is 36.4 Å². The molecule has 6 nitrogen and oxygen atoms in total. The average molecular weight is 375 g/mol. The Labute approximate surface area is 163 Å². The van der Waals surface area contributed by atoms with Crippen LogP contribution in [0.15, 0.2) is 42.5 Å². The fourth-order valence-electron chi connectivity index (χ4n) is 3.68. The van der Waals surface area contributed by atoms with Gasteiger partial charge in [0, 0.05) is 24.1 Å². The Morgan fingerprint density at radius 1 is 1.21 bits per heavy atom. The van der Waals surface area contributed by atoms with Gasteiger partial charge in [-0.15, -0.1) is 0 Å². The molecule has 1 aromatic carbocycles. The SMILES string of the molecule is CC/C=C/c1cccc(-c2ccc3c(c2)CN(C2CCC(=O)NC2=O)C3=O)n1. The second-order valence-corrected chi connectivity index (χ2v) is 7.03. The van der Waals surface area contributed by atoms with Crippen LogP contribution < -0.4 is 5.32 Å². The molecule has 2 aliphatic rings.